The molecule has 0 unspecified atom stereocenters. The molecule has 0 aromatic rings. The number of unbranched alkanes of at least 4 members (excludes halogenated alkanes) is 2. The van der Waals surface area contributed by atoms with Crippen LogP contribution in [0.3, 0.4) is 0 Å². The summed E-state index contributed by atoms with van der Waals surface area (Å²) >= 11 is 0. The van der Waals surface area contributed by atoms with Crippen molar-refractivity contribution < 1.29 is 19.1 Å². The van der Waals surface area contributed by atoms with E-state index in [-0.39, 0.29) is 0 Å². The van der Waals surface area contributed by atoms with E-state index in [1.165, 1.54) is 19.3 Å². The number of allylic oxidation sites excluding steroid dienone is 2. The van der Waals surface area contributed by atoms with Gasteiger partial charge in [0.1, 0.15) is 0 Å². The van der Waals surface area contributed by atoms with Gasteiger partial charge < -0.3 is 9.47 Å². The van der Waals surface area contributed by atoms with Gasteiger partial charge in [-0.15, -0.1) is 0 Å². The lowest BCUT2D eigenvalue weighted by molar-refractivity contribution is -0.137. The fourth-order valence-electron chi connectivity index (χ4n) is 1.36. The SMILES string of the molecule is CCCCCC(=C/C(=O)OC)/C=C/C(=O)OCC. The Balaban J connectivity index is 4.50. The van der Waals surface area contributed by atoms with Crippen LogP contribution >= 0.6 is 0 Å². The topological polar surface area (TPSA) is 52.6 Å². The van der Waals surface area contributed by atoms with Crippen LogP contribution in [0.1, 0.15) is 39.5 Å². The molecule has 0 bridgehead atoms. The predicted molar refractivity (Wildman–Crippen MR) is 70.0 cm³/mol. The minimum atomic E-state index is -0.407. The zero-order valence-corrected chi connectivity index (χ0v) is 11.4. The summed E-state index contributed by atoms with van der Waals surface area (Å²) in [6.07, 6.45) is 8.28. The van der Waals surface area contributed by atoms with Gasteiger partial charge in [-0.05, 0) is 25.3 Å². The summed E-state index contributed by atoms with van der Waals surface area (Å²) in [6.45, 7) is 4.20. The third-order valence-corrected chi connectivity index (χ3v) is 2.29. The van der Waals surface area contributed by atoms with Crippen molar-refractivity contribution in [1.82, 2.24) is 0 Å². The predicted octanol–water partition coefficient (Wildman–Crippen LogP) is 2.79. The van der Waals surface area contributed by atoms with E-state index in [2.05, 4.69) is 11.7 Å². The summed E-state index contributed by atoms with van der Waals surface area (Å²) in [7, 11) is 1.33. The van der Waals surface area contributed by atoms with Gasteiger partial charge in [0.2, 0.25) is 0 Å². The average molecular weight is 254 g/mol. The van der Waals surface area contributed by atoms with Crippen molar-refractivity contribution >= 4 is 11.9 Å². The molecule has 0 heterocycles. The molecule has 0 fully saturated rings. The molecular formula is C14H22O4. The first-order chi connectivity index (χ1) is 8.63. The van der Waals surface area contributed by atoms with Gasteiger partial charge in [-0.3, -0.25) is 0 Å². The maximum atomic E-state index is 11.2. The second-order valence-electron chi connectivity index (χ2n) is 3.78. The summed E-state index contributed by atoms with van der Waals surface area (Å²) < 4.78 is 9.36. The number of rotatable bonds is 8. The number of hydrogen-bond acceptors (Lipinski definition) is 4. The normalized spacial score (nSPS) is 11.6. The Hall–Kier alpha value is -1.58. The van der Waals surface area contributed by atoms with Crippen molar-refractivity contribution in [2.75, 3.05) is 13.7 Å². The van der Waals surface area contributed by atoms with Crippen LogP contribution in [0.5, 0.6) is 0 Å². The van der Waals surface area contributed by atoms with E-state index in [4.69, 9.17) is 4.74 Å². The molecule has 18 heavy (non-hydrogen) atoms. The van der Waals surface area contributed by atoms with Crippen molar-refractivity contribution in [2.24, 2.45) is 0 Å². The number of methoxy groups -OCH3 is 1. The van der Waals surface area contributed by atoms with Crippen molar-refractivity contribution in [3.63, 3.8) is 0 Å². The van der Waals surface area contributed by atoms with Gasteiger partial charge in [0.05, 0.1) is 13.7 Å². The van der Waals surface area contributed by atoms with Crippen molar-refractivity contribution in [2.45, 2.75) is 39.5 Å². The molecule has 0 saturated carbocycles. The van der Waals surface area contributed by atoms with Crippen molar-refractivity contribution in [1.29, 1.82) is 0 Å². The molecule has 0 aliphatic carbocycles. The average Bonchev–Trinajstić information content (AvgIpc) is 2.36. The first kappa shape index (κ1) is 16.4. The van der Waals surface area contributed by atoms with Crippen LogP contribution in [0.25, 0.3) is 0 Å². The Morgan fingerprint density at radius 1 is 1.06 bits per heavy atom. The summed E-state index contributed by atoms with van der Waals surface area (Å²) in [5.41, 5.74) is 0.781. The molecule has 102 valence electrons. The van der Waals surface area contributed by atoms with Gasteiger partial charge in [-0.25, -0.2) is 9.59 Å². The lowest BCUT2D eigenvalue weighted by Gasteiger charge is -2.02. The van der Waals surface area contributed by atoms with E-state index < -0.39 is 11.9 Å². The molecule has 0 rings (SSSR count). The fraction of sp³-hybridized carbons (Fsp3) is 0.571. The molecule has 0 aliphatic rings. The molecule has 0 spiro atoms. The highest BCUT2D eigenvalue weighted by Gasteiger charge is 2.01. The number of carbonyl (C=O) groups excluding carboxylic acids is 2. The molecule has 0 aromatic heterocycles. The quantitative estimate of drug-likeness (QED) is 0.289. The van der Waals surface area contributed by atoms with Gasteiger partial charge in [0, 0.05) is 12.2 Å². The maximum Gasteiger partial charge on any atom is 0.330 e. The third-order valence-electron chi connectivity index (χ3n) is 2.29. The maximum absolute atomic E-state index is 11.2. The lowest BCUT2D eigenvalue weighted by atomic mass is 10.1. The van der Waals surface area contributed by atoms with Gasteiger partial charge in [0.25, 0.3) is 0 Å². The zero-order valence-electron chi connectivity index (χ0n) is 11.4. The molecule has 0 atom stereocenters. The molecule has 0 amide bonds. The minimum absolute atomic E-state index is 0.342. The second kappa shape index (κ2) is 10.6. The molecule has 0 aliphatic heterocycles. The highest BCUT2D eigenvalue weighted by Crippen LogP contribution is 2.11. The lowest BCUT2D eigenvalue weighted by Crippen LogP contribution is -2.00. The van der Waals surface area contributed by atoms with Gasteiger partial charge in [-0.1, -0.05) is 25.8 Å². The molecule has 0 radical (unpaired) electrons. The van der Waals surface area contributed by atoms with Crippen molar-refractivity contribution in [3.8, 4) is 0 Å². The first-order valence-electron chi connectivity index (χ1n) is 6.27. The van der Waals surface area contributed by atoms with Crippen molar-refractivity contribution in [3.05, 3.63) is 23.8 Å². The number of ether oxygens (including phenoxy) is 2. The first-order valence-corrected chi connectivity index (χ1v) is 6.27. The highest BCUT2D eigenvalue weighted by molar-refractivity contribution is 5.85. The second-order valence-corrected chi connectivity index (χ2v) is 3.78. The molecular weight excluding hydrogens is 232 g/mol. The monoisotopic (exact) mass is 254 g/mol. The number of hydrogen-bond donors (Lipinski definition) is 0. The number of esters is 2. The standard InChI is InChI=1S/C14H22O4/c1-4-6-7-8-12(11-14(16)17-3)9-10-13(15)18-5-2/h9-11H,4-8H2,1-3H3/b10-9+,12-11-. The molecule has 4 heteroatoms. The Morgan fingerprint density at radius 3 is 2.33 bits per heavy atom. The van der Waals surface area contributed by atoms with E-state index in [1.54, 1.807) is 13.0 Å². The third kappa shape index (κ3) is 8.56. The fourth-order valence-corrected chi connectivity index (χ4v) is 1.36. The van der Waals surface area contributed by atoms with E-state index in [0.29, 0.717) is 6.61 Å². The minimum Gasteiger partial charge on any atom is -0.466 e. The van der Waals surface area contributed by atoms with Crippen LogP contribution in [0.2, 0.25) is 0 Å². The zero-order chi connectivity index (χ0) is 13.8. The molecule has 4 nitrogen and oxygen atoms in total. The van der Waals surface area contributed by atoms with E-state index in [9.17, 15) is 9.59 Å². The van der Waals surface area contributed by atoms with Crippen LogP contribution in [0, 0.1) is 0 Å². The smallest absolute Gasteiger partial charge is 0.330 e. The highest BCUT2D eigenvalue weighted by atomic mass is 16.5. The van der Waals surface area contributed by atoms with Crippen LogP contribution in [0.15, 0.2) is 23.8 Å². The summed E-state index contributed by atoms with van der Waals surface area (Å²) in [5.74, 6) is -0.807. The van der Waals surface area contributed by atoms with E-state index >= 15 is 0 Å². The van der Waals surface area contributed by atoms with Gasteiger partial charge in [0.15, 0.2) is 0 Å². The Kier molecular flexibility index (Phi) is 9.64. The van der Waals surface area contributed by atoms with Crippen LogP contribution in [0.4, 0.5) is 0 Å². The van der Waals surface area contributed by atoms with E-state index in [0.717, 1.165) is 31.3 Å². The Morgan fingerprint density at radius 2 is 1.78 bits per heavy atom. The summed E-state index contributed by atoms with van der Waals surface area (Å²) in [5, 5.41) is 0. The molecule has 0 N–H and O–H groups in total. The van der Waals surface area contributed by atoms with E-state index in [1.807, 2.05) is 0 Å². The van der Waals surface area contributed by atoms with Crippen LogP contribution in [-0.2, 0) is 19.1 Å². The van der Waals surface area contributed by atoms with Crippen LogP contribution < -0.4 is 0 Å². The Labute approximate surface area is 109 Å². The summed E-state index contributed by atoms with van der Waals surface area (Å²) in [6, 6.07) is 0. The number of carbonyl (C=O) groups is 2. The Bertz CT molecular complexity index is 316. The largest absolute Gasteiger partial charge is 0.466 e. The van der Waals surface area contributed by atoms with Gasteiger partial charge >= 0.3 is 11.9 Å². The van der Waals surface area contributed by atoms with Gasteiger partial charge in [-0.2, -0.15) is 0 Å². The van der Waals surface area contributed by atoms with Crippen LogP contribution in [-0.4, -0.2) is 25.7 Å². The summed E-state index contributed by atoms with van der Waals surface area (Å²) in [4.78, 5) is 22.4. The molecule has 0 saturated heterocycles. The molecule has 0 aromatic carbocycles.